The number of nitrogens with one attached hydrogen (secondary N) is 1. The third kappa shape index (κ3) is 2.31. The molecule has 17 heavy (non-hydrogen) atoms. The number of aryl methyl sites for hydroxylation is 1. The molecule has 0 unspecified atom stereocenters. The summed E-state index contributed by atoms with van der Waals surface area (Å²) >= 11 is 9.36. The fourth-order valence-corrected chi connectivity index (χ4v) is 2.22. The summed E-state index contributed by atoms with van der Waals surface area (Å²) in [6.45, 7) is 1.89. The maximum atomic E-state index is 11.9. The lowest BCUT2D eigenvalue weighted by molar-refractivity contribution is -0.119. The molecule has 1 N–H and O–H groups in total. The van der Waals surface area contributed by atoms with Gasteiger partial charge < -0.3 is 5.32 Å². The highest BCUT2D eigenvalue weighted by molar-refractivity contribution is 9.10. The zero-order valence-electron chi connectivity index (χ0n) is 9.18. The quantitative estimate of drug-likeness (QED) is 0.906. The van der Waals surface area contributed by atoms with Crippen LogP contribution in [0.3, 0.4) is 0 Å². The van der Waals surface area contributed by atoms with Gasteiger partial charge in [0.25, 0.3) is 0 Å². The molecule has 1 saturated carbocycles. The molecule has 0 radical (unpaired) electrons. The number of nitrogens with zero attached hydrogens (tertiary/aromatic N) is 1. The Hall–Kier alpha value is -1.05. The second-order valence-corrected chi connectivity index (χ2v) is 5.49. The van der Waals surface area contributed by atoms with E-state index in [0.29, 0.717) is 23.6 Å². The van der Waals surface area contributed by atoms with E-state index in [2.05, 4.69) is 27.3 Å². The molecular weight excluding hydrogens is 304 g/mol. The average Bonchev–Trinajstić information content (AvgIpc) is 3.06. The van der Waals surface area contributed by atoms with Gasteiger partial charge in [0.1, 0.15) is 5.41 Å². The van der Waals surface area contributed by atoms with Crippen molar-refractivity contribution in [2.24, 2.45) is 5.41 Å². The highest BCUT2D eigenvalue weighted by atomic mass is 79.9. The summed E-state index contributed by atoms with van der Waals surface area (Å²) in [4.78, 5) is 11.9. The monoisotopic (exact) mass is 312 g/mol. The van der Waals surface area contributed by atoms with Crippen molar-refractivity contribution in [1.82, 2.24) is 0 Å². The van der Waals surface area contributed by atoms with Crippen LogP contribution in [0, 0.1) is 23.7 Å². The Bertz CT molecular complexity index is 532. The van der Waals surface area contributed by atoms with Crippen molar-refractivity contribution in [3.8, 4) is 6.07 Å². The van der Waals surface area contributed by atoms with Crippen molar-refractivity contribution in [3.63, 3.8) is 0 Å². The van der Waals surface area contributed by atoms with Crippen LogP contribution in [0.5, 0.6) is 0 Å². The van der Waals surface area contributed by atoms with Gasteiger partial charge >= 0.3 is 0 Å². The Kier molecular flexibility index (Phi) is 3.15. The van der Waals surface area contributed by atoms with E-state index in [1.54, 1.807) is 6.07 Å². The number of carbonyl (C=O) groups excluding carboxylic acids is 1. The molecule has 0 aliphatic heterocycles. The number of anilines is 1. The fourth-order valence-electron chi connectivity index (χ4n) is 1.50. The number of halogens is 2. The number of nitriles is 1. The molecule has 1 aromatic rings. The SMILES string of the molecule is Cc1cc(Br)c(NC(=O)C2(C#N)CC2)cc1Cl. The van der Waals surface area contributed by atoms with Crippen molar-refractivity contribution in [2.45, 2.75) is 19.8 Å². The summed E-state index contributed by atoms with van der Waals surface area (Å²) in [5.74, 6) is -0.249. The zero-order chi connectivity index (χ0) is 12.6. The van der Waals surface area contributed by atoms with Gasteiger partial charge in [0.2, 0.25) is 5.91 Å². The van der Waals surface area contributed by atoms with E-state index in [-0.39, 0.29) is 5.91 Å². The van der Waals surface area contributed by atoms with Crippen LogP contribution in [-0.2, 0) is 4.79 Å². The van der Waals surface area contributed by atoms with Gasteiger partial charge in [-0.05, 0) is 53.4 Å². The maximum Gasteiger partial charge on any atom is 0.244 e. The Morgan fingerprint density at radius 1 is 1.59 bits per heavy atom. The van der Waals surface area contributed by atoms with E-state index in [0.717, 1.165) is 10.0 Å². The van der Waals surface area contributed by atoms with E-state index in [9.17, 15) is 4.79 Å². The maximum absolute atomic E-state index is 11.9. The Labute approximate surface area is 113 Å². The van der Waals surface area contributed by atoms with Crippen molar-refractivity contribution in [3.05, 3.63) is 27.2 Å². The van der Waals surface area contributed by atoms with E-state index >= 15 is 0 Å². The van der Waals surface area contributed by atoms with Crippen LogP contribution in [0.25, 0.3) is 0 Å². The molecule has 0 aromatic heterocycles. The zero-order valence-corrected chi connectivity index (χ0v) is 11.5. The van der Waals surface area contributed by atoms with Crippen molar-refractivity contribution in [1.29, 1.82) is 5.26 Å². The Morgan fingerprint density at radius 2 is 2.24 bits per heavy atom. The number of carbonyl (C=O) groups is 1. The molecule has 1 fully saturated rings. The summed E-state index contributed by atoms with van der Waals surface area (Å²) in [6.07, 6.45) is 1.26. The van der Waals surface area contributed by atoms with Gasteiger partial charge in [-0.2, -0.15) is 5.26 Å². The van der Waals surface area contributed by atoms with Crippen molar-refractivity contribution >= 4 is 39.1 Å². The first-order valence-electron chi connectivity index (χ1n) is 5.17. The van der Waals surface area contributed by atoms with Gasteiger partial charge in [-0.15, -0.1) is 0 Å². The number of hydrogen-bond acceptors (Lipinski definition) is 2. The molecule has 0 bridgehead atoms. The van der Waals surface area contributed by atoms with E-state index in [1.807, 2.05) is 13.0 Å². The van der Waals surface area contributed by atoms with E-state index in [1.165, 1.54) is 0 Å². The second-order valence-electron chi connectivity index (χ2n) is 4.23. The van der Waals surface area contributed by atoms with Crippen LogP contribution < -0.4 is 5.32 Å². The number of benzene rings is 1. The molecule has 3 nitrogen and oxygen atoms in total. The molecule has 5 heteroatoms. The van der Waals surface area contributed by atoms with Crippen LogP contribution in [0.15, 0.2) is 16.6 Å². The first kappa shape index (κ1) is 12.4. The fraction of sp³-hybridized carbons (Fsp3) is 0.333. The number of amides is 1. The van der Waals surface area contributed by atoms with Crippen LogP contribution in [0.1, 0.15) is 18.4 Å². The smallest absolute Gasteiger partial charge is 0.244 e. The van der Waals surface area contributed by atoms with Crippen LogP contribution in [0.2, 0.25) is 5.02 Å². The lowest BCUT2D eigenvalue weighted by atomic mass is 10.1. The molecule has 1 aromatic carbocycles. The van der Waals surface area contributed by atoms with Crippen LogP contribution in [0.4, 0.5) is 5.69 Å². The van der Waals surface area contributed by atoms with E-state index in [4.69, 9.17) is 16.9 Å². The van der Waals surface area contributed by atoms with Crippen LogP contribution in [-0.4, -0.2) is 5.91 Å². The van der Waals surface area contributed by atoms with E-state index < -0.39 is 5.41 Å². The molecule has 88 valence electrons. The lowest BCUT2D eigenvalue weighted by Crippen LogP contribution is -2.22. The number of rotatable bonds is 2. The lowest BCUT2D eigenvalue weighted by Gasteiger charge is -2.11. The summed E-state index contributed by atoms with van der Waals surface area (Å²) in [6, 6.07) is 5.58. The van der Waals surface area contributed by atoms with Crippen LogP contribution >= 0.6 is 27.5 Å². The highest BCUT2D eigenvalue weighted by Gasteiger charge is 2.50. The predicted octanol–water partition coefficient (Wildman–Crippen LogP) is 3.65. The third-order valence-corrected chi connectivity index (χ3v) is 3.96. The van der Waals surface area contributed by atoms with Gasteiger partial charge in [-0.3, -0.25) is 4.79 Å². The van der Waals surface area contributed by atoms with Gasteiger partial charge in [0.05, 0.1) is 11.8 Å². The van der Waals surface area contributed by atoms with Gasteiger partial charge in [0.15, 0.2) is 0 Å². The topological polar surface area (TPSA) is 52.9 Å². The van der Waals surface area contributed by atoms with Crippen molar-refractivity contribution in [2.75, 3.05) is 5.32 Å². The van der Waals surface area contributed by atoms with Gasteiger partial charge in [-0.1, -0.05) is 11.6 Å². The summed E-state index contributed by atoms with van der Waals surface area (Å²) in [5, 5.41) is 12.3. The average molecular weight is 314 g/mol. The molecular formula is C12H10BrClN2O. The minimum absolute atomic E-state index is 0.249. The largest absolute Gasteiger partial charge is 0.324 e. The summed E-state index contributed by atoms with van der Waals surface area (Å²) < 4.78 is 0.765. The Balaban J connectivity index is 2.23. The first-order valence-corrected chi connectivity index (χ1v) is 6.34. The highest BCUT2D eigenvalue weighted by Crippen LogP contribution is 2.46. The molecule has 1 amide bonds. The minimum Gasteiger partial charge on any atom is -0.324 e. The molecule has 1 aliphatic carbocycles. The number of hydrogen-bond donors (Lipinski definition) is 1. The molecule has 0 heterocycles. The second kappa shape index (κ2) is 4.32. The first-order chi connectivity index (χ1) is 7.98. The van der Waals surface area contributed by atoms with Gasteiger partial charge in [-0.25, -0.2) is 0 Å². The van der Waals surface area contributed by atoms with Gasteiger partial charge in [0, 0.05) is 9.50 Å². The molecule has 0 spiro atoms. The molecule has 0 atom stereocenters. The predicted molar refractivity (Wildman–Crippen MR) is 69.8 cm³/mol. The Morgan fingerprint density at radius 3 is 2.76 bits per heavy atom. The molecule has 1 aliphatic rings. The summed E-state index contributed by atoms with van der Waals surface area (Å²) in [5.41, 5.74) is 0.710. The molecule has 2 rings (SSSR count). The standard InChI is InChI=1S/C12H10BrClN2O/c1-7-4-8(13)10(5-9(7)14)16-11(17)12(6-15)2-3-12/h4-5H,2-3H2,1H3,(H,16,17). The normalized spacial score (nSPS) is 16.1. The third-order valence-electron chi connectivity index (χ3n) is 2.90. The molecule has 0 saturated heterocycles. The minimum atomic E-state index is -0.823. The van der Waals surface area contributed by atoms with Crippen molar-refractivity contribution < 1.29 is 4.79 Å². The summed E-state index contributed by atoms with van der Waals surface area (Å²) in [7, 11) is 0.